The van der Waals surface area contributed by atoms with Crippen molar-refractivity contribution in [1.82, 2.24) is 20.0 Å². The van der Waals surface area contributed by atoms with E-state index in [1.807, 2.05) is 4.68 Å². The zero-order chi connectivity index (χ0) is 15.0. The van der Waals surface area contributed by atoms with Crippen molar-refractivity contribution in [1.29, 1.82) is 0 Å². The van der Waals surface area contributed by atoms with Crippen LogP contribution in [0.15, 0.2) is 0 Å². The minimum absolute atomic E-state index is 0.478. The molecule has 118 valence electrons. The van der Waals surface area contributed by atoms with Crippen LogP contribution in [0.1, 0.15) is 62.0 Å². The molecule has 1 aromatic heterocycles. The minimum Gasteiger partial charge on any atom is -0.312 e. The van der Waals surface area contributed by atoms with Crippen LogP contribution in [0.3, 0.4) is 0 Å². The summed E-state index contributed by atoms with van der Waals surface area (Å²) < 4.78 is 2.04. The molecule has 0 radical (unpaired) electrons. The molecule has 0 amide bonds. The lowest BCUT2D eigenvalue weighted by Gasteiger charge is -2.43. The maximum atomic E-state index is 4.62. The van der Waals surface area contributed by atoms with Crippen molar-refractivity contribution in [2.75, 3.05) is 13.1 Å². The molecule has 4 nitrogen and oxygen atoms in total. The normalized spacial score (nSPS) is 29.0. The van der Waals surface area contributed by atoms with Gasteiger partial charge in [-0.05, 0) is 59.5 Å². The fourth-order valence-electron chi connectivity index (χ4n) is 4.49. The Bertz CT molecular complexity index is 487. The summed E-state index contributed by atoms with van der Waals surface area (Å²) in [6.07, 6.45) is 6.76. The Morgan fingerprint density at radius 3 is 2.62 bits per heavy atom. The van der Waals surface area contributed by atoms with Gasteiger partial charge in [-0.3, -0.25) is 9.58 Å². The molecule has 0 bridgehead atoms. The van der Waals surface area contributed by atoms with Crippen molar-refractivity contribution in [3.63, 3.8) is 0 Å². The van der Waals surface area contributed by atoms with E-state index in [4.69, 9.17) is 0 Å². The van der Waals surface area contributed by atoms with Crippen LogP contribution in [0.5, 0.6) is 0 Å². The molecule has 3 unspecified atom stereocenters. The summed E-state index contributed by atoms with van der Waals surface area (Å²) in [7, 11) is 2.06. The number of piperidine rings is 1. The van der Waals surface area contributed by atoms with Crippen molar-refractivity contribution >= 4 is 0 Å². The Morgan fingerprint density at radius 1 is 1.19 bits per heavy atom. The van der Waals surface area contributed by atoms with Crippen LogP contribution in [0, 0.1) is 13.8 Å². The molecule has 0 aliphatic carbocycles. The van der Waals surface area contributed by atoms with E-state index < -0.39 is 0 Å². The predicted molar refractivity (Wildman–Crippen MR) is 86.5 cm³/mol. The Morgan fingerprint density at radius 2 is 2.00 bits per heavy atom. The van der Waals surface area contributed by atoms with E-state index in [-0.39, 0.29) is 0 Å². The first-order chi connectivity index (χ1) is 10.1. The summed E-state index contributed by atoms with van der Waals surface area (Å²) in [6, 6.07) is 1.88. The molecule has 21 heavy (non-hydrogen) atoms. The number of likely N-dealkylation sites (tertiary alicyclic amines) is 1. The summed E-state index contributed by atoms with van der Waals surface area (Å²) in [4.78, 5) is 2.75. The number of aromatic nitrogens is 2. The van der Waals surface area contributed by atoms with Crippen LogP contribution < -0.4 is 5.32 Å². The number of aryl methyl sites for hydroxylation is 2. The van der Waals surface area contributed by atoms with Crippen molar-refractivity contribution in [3.8, 4) is 0 Å². The van der Waals surface area contributed by atoms with Crippen LogP contribution in [0.2, 0.25) is 0 Å². The lowest BCUT2D eigenvalue weighted by molar-refractivity contribution is 0.0797. The van der Waals surface area contributed by atoms with Gasteiger partial charge in [-0.25, -0.2) is 0 Å². The average Bonchev–Trinajstić information content (AvgIpc) is 3.08. The number of nitrogens with zero attached hydrogens (tertiary/aromatic N) is 3. The summed E-state index contributed by atoms with van der Waals surface area (Å²) in [5, 5.41) is 8.36. The van der Waals surface area contributed by atoms with E-state index in [1.54, 1.807) is 0 Å². The second-order valence-corrected chi connectivity index (χ2v) is 6.89. The fourth-order valence-corrected chi connectivity index (χ4v) is 4.49. The van der Waals surface area contributed by atoms with Gasteiger partial charge >= 0.3 is 0 Å². The second-order valence-electron chi connectivity index (χ2n) is 6.89. The molecule has 2 fully saturated rings. The van der Waals surface area contributed by atoms with Crippen molar-refractivity contribution < 1.29 is 0 Å². The highest BCUT2D eigenvalue weighted by Gasteiger charge is 2.35. The zero-order valence-corrected chi connectivity index (χ0v) is 14.0. The predicted octanol–water partition coefficient (Wildman–Crippen LogP) is 2.70. The Labute approximate surface area is 128 Å². The number of nitrogens with one attached hydrogen (secondary N) is 1. The molecule has 3 rings (SSSR count). The van der Waals surface area contributed by atoms with Gasteiger partial charge in [0.15, 0.2) is 0 Å². The molecule has 0 spiro atoms. The smallest absolute Gasteiger partial charge is 0.0644 e. The van der Waals surface area contributed by atoms with Crippen molar-refractivity contribution in [2.24, 2.45) is 7.05 Å². The third kappa shape index (κ3) is 2.76. The fraction of sp³-hybridized carbons (Fsp3) is 0.824. The largest absolute Gasteiger partial charge is 0.312 e. The van der Waals surface area contributed by atoms with Crippen molar-refractivity contribution in [2.45, 2.75) is 71.0 Å². The molecule has 3 heterocycles. The van der Waals surface area contributed by atoms with Gasteiger partial charge in [-0.2, -0.15) is 5.10 Å². The van der Waals surface area contributed by atoms with Crippen molar-refractivity contribution in [3.05, 3.63) is 17.0 Å². The van der Waals surface area contributed by atoms with E-state index >= 15 is 0 Å². The molecule has 0 aromatic carbocycles. The molecule has 0 saturated carbocycles. The van der Waals surface area contributed by atoms with Crippen LogP contribution in [0.25, 0.3) is 0 Å². The van der Waals surface area contributed by atoms with Gasteiger partial charge in [0.2, 0.25) is 0 Å². The van der Waals surface area contributed by atoms with Gasteiger partial charge in [-0.15, -0.1) is 0 Å². The Kier molecular flexibility index (Phi) is 4.36. The maximum absolute atomic E-state index is 4.62. The van der Waals surface area contributed by atoms with Gasteiger partial charge < -0.3 is 5.32 Å². The van der Waals surface area contributed by atoms with Gasteiger partial charge in [0.1, 0.15) is 0 Å². The third-order valence-electron chi connectivity index (χ3n) is 5.64. The van der Waals surface area contributed by atoms with Crippen LogP contribution >= 0.6 is 0 Å². The number of hydrogen-bond acceptors (Lipinski definition) is 3. The van der Waals surface area contributed by atoms with Crippen LogP contribution in [-0.4, -0.2) is 39.9 Å². The summed E-state index contributed by atoms with van der Waals surface area (Å²) in [5.74, 6) is 0. The van der Waals surface area contributed by atoms with E-state index in [2.05, 4.69) is 43.1 Å². The highest BCUT2D eigenvalue weighted by Crippen LogP contribution is 2.34. The average molecular weight is 290 g/mol. The van der Waals surface area contributed by atoms with E-state index in [1.165, 1.54) is 62.1 Å². The third-order valence-corrected chi connectivity index (χ3v) is 5.64. The summed E-state index contributed by atoms with van der Waals surface area (Å²) in [5.41, 5.74) is 3.97. The van der Waals surface area contributed by atoms with Gasteiger partial charge in [0.25, 0.3) is 0 Å². The van der Waals surface area contributed by atoms with Crippen LogP contribution in [0.4, 0.5) is 0 Å². The molecule has 1 N–H and O–H groups in total. The number of rotatable bonds is 3. The zero-order valence-electron chi connectivity index (χ0n) is 14.0. The SMILES string of the molecule is Cc1nn(C)c(C)c1C(C)N1CCCCC1C1CCCN1. The monoisotopic (exact) mass is 290 g/mol. The first-order valence-electron chi connectivity index (χ1n) is 8.59. The van der Waals surface area contributed by atoms with Gasteiger partial charge in [0.05, 0.1) is 5.69 Å². The van der Waals surface area contributed by atoms with Crippen LogP contribution in [-0.2, 0) is 7.05 Å². The minimum atomic E-state index is 0.478. The molecular formula is C17H30N4. The molecule has 2 aliphatic heterocycles. The van der Waals surface area contributed by atoms with E-state index in [0.29, 0.717) is 18.1 Å². The summed E-state index contributed by atoms with van der Waals surface area (Å²) >= 11 is 0. The molecule has 2 saturated heterocycles. The highest BCUT2D eigenvalue weighted by atomic mass is 15.3. The molecule has 1 aromatic rings. The first-order valence-corrected chi connectivity index (χ1v) is 8.59. The van der Waals surface area contributed by atoms with E-state index in [0.717, 1.165) is 0 Å². The quantitative estimate of drug-likeness (QED) is 0.929. The highest BCUT2D eigenvalue weighted by molar-refractivity contribution is 5.28. The molecule has 2 aliphatic rings. The van der Waals surface area contributed by atoms with E-state index in [9.17, 15) is 0 Å². The topological polar surface area (TPSA) is 33.1 Å². The first kappa shape index (κ1) is 15.0. The lowest BCUT2D eigenvalue weighted by Crippen LogP contribution is -2.51. The molecular weight excluding hydrogens is 260 g/mol. The van der Waals surface area contributed by atoms with Gasteiger partial charge in [0, 0.05) is 36.4 Å². The molecule has 4 heteroatoms. The van der Waals surface area contributed by atoms with Gasteiger partial charge in [-0.1, -0.05) is 6.42 Å². The maximum Gasteiger partial charge on any atom is 0.0644 e. The second kappa shape index (κ2) is 6.09. The number of hydrogen-bond donors (Lipinski definition) is 1. The standard InChI is InChI=1S/C17H30N4/c1-12-17(13(2)20(4)19-12)14(3)21-11-6-5-9-16(21)15-8-7-10-18-15/h14-16,18H,5-11H2,1-4H3. The Balaban J connectivity index is 1.85. The molecule has 3 atom stereocenters. The Hall–Kier alpha value is -0.870. The summed E-state index contributed by atoms with van der Waals surface area (Å²) in [6.45, 7) is 9.18. The lowest BCUT2D eigenvalue weighted by atomic mass is 9.91.